The quantitative estimate of drug-likeness (QED) is 0.787. The molecule has 0 radical (unpaired) electrons. The predicted octanol–water partition coefficient (Wildman–Crippen LogP) is 4.76. The van der Waals surface area contributed by atoms with Gasteiger partial charge < -0.3 is 15.0 Å². The van der Waals surface area contributed by atoms with E-state index >= 15 is 0 Å². The van der Waals surface area contributed by atoms with E-state index in [2.05, 4.69) is 19.2 Å². The lowest BCUT2D eigenvalue weighted by atomic mass is 9.97. The molecule has 28 heavy (non-hydrogen) atoms. The van der Waals surface area contributed by atoms with E-state index in [1.807, 2.05) is 23.1 Å². The molecule has 2 aromatic rings. The van der Waals surface area contributed by atoms with Crippen LogP contribution >= 0.6 is 11.6 Å². The number of para-hydroxylation sites is 1. The largest absolute Gasteiger partial charge is 0.483 e. The van der Waals surface area contributed by atoms with Crippen LogP contribution in [0.2, 0.25) is 5.02 Å². The zero-order valence-corrected chi connectivity index (χ0v) is 16.9. The van der Waals surface area contributed by atoms with Crippen molar-refractivity contribution in [3.63, 3.8) is 0 Å². The second kappa shape index (κ2) is 9.11. The van der Waals surface area contributed by atoms with Gasteiger partial charge in [0.05, 0.1) is 5.56 Å². The number of hydrogen-bond acceptors (Lipinski definition) is 3. The Labute approximate surface area is 170 Å². The van der Waals surface area contributed by atoms with Crippen LogP contribution in [0, 0.1) is 0 Å². The minimum atomic E-state index is -0.337. The molecule has 1 aliphatic rings. The van der Waals surface area contributed by atoms with Crippen LogP contribution in [-0.4, -0.2) is 35.4 Å². The molecule has 0 aliphatic carbocycles. The summed E-state index contributed by atoms with van der Waals surface area (Å²) >= 11 is 6.08. The normalized spacial score (nSPS) is 19.2. The number of benzene rings is 2. The van der Waals surface area contributed by atoms with E-state index < -0.39 is 0 Å². The molecule has 5 nitrogen and oxygen atoms in total. The average Bonchev–Trinajstić information content (AvgIpc) is 2.67. The SMILES string of the molecule is C[C@H]1CCC[C@H](C)N1C(=O)COc1ccc(Cl)cc1C(=O)Nc1ccccc1. The van der Waals surface area contributed by atoms with Gasteiger partial charge in [0.1, 0.15) is 5.75 Å². The molecule has 1 saturated heterocycles. The van der Waals surface area contributed by atoms with Crippen molar-refractivity contribution in [3.8, 4) is 5.75 Å². The Balaban J connectivity index is 1.72. The molecule has 0 unspecified atom stereocenters. The first-order chi connectivity index (χ1) is 13.5. The summed E-state index contributed by atoms with van der Waals surface area (Å²) in [6.07, 6.45) is 3.14. The molecular formula is C22H25ClN2O3. The van der Waals surface area contributed by atoms with Crippen LogP contribution in [0.1, 0.15) is 43.5 Å². The van der Waals surface area contributed by atoms with Crippen molar-refractivity contribution < 1.29 is 14.3 Å². The Bertz CT molecular complexity index is 831. The van der Waals surface area contributed by atoms with Crippen LogP contribution in [0.15, 0.2) is 48.5 Å². The highest BCUT2D eigenvalue weighted by molar-refractivity contribution is 6.31. The molecule has 0 bridgehead atoms. The van der Waals surface area contributed by atoms with E-state index in [9.17, 15) is 9.59 Å². The zero-order chi connectivity index (χ0) is 20.1. The number of nitrogens with one attached hydrogen (secondary N) is 1. The van der Waals surface area contributed by atoms with E-state index in [1.54, 1.807) is 30.3 Å². The first-order valence-electron chi connectivity index (χ1n) is 9.55. The molecule has 2 amide bonds. The lowest BCUT2D eigenvalue weighted by Crippen LogP contribution is -2.49. The molecule has 1 heterocycles. The fourth-order valence-electron chi connectivity index (χ4n) is 3.65. The predicted molar refractivity (Wildman–Crippen MR) is 111 cm³/mol. The molecule has 0 aromatic heterocycles. The molecule has 2 atom stereocenters. The van der Waals surface area contributed by atoms with Crippen molar-refractivity contribution in [2.75, 3.05) is 11.9 Å². The first-order valence-corrected chi connectivity index (χ1v) is 9.93. The van der Waals surface area contributed by atoms with Gasteiger partial charge in [0.15, 0.2) is 6.61 Å². The number of likely N-dealkylation sites (tertiary alicyclic amines) is 1. The van der Waals surface area contributed by atoms with Crippen LogP contribution in [-0.2, 0) is 4.79 Å². The van der Waals surface area contributed by atoms with Gasteiger partial charge in [-0.25, -0.2) is 0 Å². The van der Waals surface area contributed by atoms with Gasteiger partial charge in [-0.05, 0) is 63.4 Å². The molecule has 2 aromatic carbocycles. The number of carbonyl (C=O) groups is 2. The number of rotatable bonds is 5. The maximum Gasteiger partial charge on any atom is 0.260 e. The van der Waals surface area contributed by atoms with Crippen molar-refractivity contribution >= 4 is 29.1 Å². The topological polar surface area (TPSA) is 58.6 Å². The summed E-state index contributed by atoms with van der Waals surface area (Å²) in [4.78, 5) is 27.3. The Hall–Kier alpha value is -2.53. The summed E-state index contributed by atoms with van der Waals surface area (Å²) < 4.78 is 5.75. The van der Waals surface area contributed by atoms with E-state index in [0.29, 0.717) is 22.0 Å². The van der Waals surface area contributed by atoms with Gasteiger partial charge in [0.25, 0.3) is 11.8 Å². The summed E-state index contributed by atoms with van der Waals surface area (Å²) in [5.74, 6) is -0.0663. The Kier molecular flexibility index (Phi) is 6.57. The smallest absolute Gasteiger partial charge is 0.260 e. The van der Waals surface area contributed by atoms with E-state index in [1.165, 1.54) is 0 Å². The minimum Gasteiger partial charge on any atom is -0.483 e. The molecular weight excluding hydrogens is 376 g/mol. The lowest BCUT2D eigenvalue weighted by molar-refractivity contribution is -0.139. The van der Waals surface area contributed by atoms with E-state index in [4.69, 9.17) is 16.3 Å². The highest BCUT2D eigenvalue weighted by atomic mass is 35.5. The van der Waals surface area contributed by atoms with Crippen molar-refractivity contribution in [2.24, 2.45) is 0 Å². The number of hydrogen-bond donors (Lipinski definition) is 1. The number of anilines is 1. The summed E-state index contributed by atoms with van der Waals surface area (Å²) in [5.41, 5.74) is 0.967. The lowest BCUT2D eigenvalue weighted by Gasteiger charge is -2.39. The Morgan fingerprint density at radius 2 is 1.79 bits per heavy atom. The summed E-state index contributed by atoms with van der Waals surface area (Å²) in [7, 11) is 0. The van der Waals surface area contributed by atoms with Gasteiger partial charge >= 0.3 is 0 Å². The van der Waals surface area contributed by atoms with Crippen LogP contribution in [0.25, 0.3) is 0 Å². The van der Waals surface area contributed by atoms with E-state index in [0.717, 1.165) is 19.3 Å². The molecule has 0 spiro atoms. The molecule has 0 saturated carbocycles. The van der Waals surface area contributed by atoms with Crippen LogP contribution in [0.3, 0.4) is 0 Å². The fourth-order valence-corrected chi connectivity index (χ4v) is 3.82. The fraction of sp³-hybridized carbons (Fsp3) is 0.364. The standard InChI is InChI=1S/C22H25ClN2O3/c1-15-7-6-8-16(2)25(15)21(26)14-28-20-12-11-17(23)13-19(20)22(27)24-18-9-4-3-5-10-18/h3-5,9-13,15-16H,6-8,14H2,1-2H3,(H,24,27)/t15-,16-/m0/s1. The third kappa shape index (κ3) is 4.84. The number of carbonyl (C=O) groups excluding carboxylic acids is 2. The van der Waals surface area contributed by atoms with Gasteiger partial charge in [0, 0.05) is 22.8 Å². The van der Waals surface area contributed by atoms with Crippen molar-refractivity contribution in [1.82, 2.24) is 4.90 Å². The maximum atomic E-state index is 12.7. The Morgan fingerprint density at radius 3 is 2.46 bits per heavy atom. The number of amides is 2. The molecule has 1 aliphatic heterocycles. The van der Waals surface area contributed by atoms with Gasteiger partial charge in [-0.1, -0.05) is 29.8 Å². The van der Waals surface area contributed by atoms with E-state index in [-0.39, 0.29) is 30.5 Å². The minimum absolute atomic E-state index is 0.0657. The summed E-state index contributed by atoms with van der Waals surface area (Å²) in [6, 6.07) is 14.4. The zero-order valence-electron chi connectivity index (χ0n) is 16.2. The van der Waals surface area contributed by atoms with Crippen LogP contribution < -0.4 is 10.1 Å². The van der Waals surface area contributed by atoms with Gasteiger partial charge in [0.2, 0.25) is 0 Å². The number of halogens is 1. The molecule has 1 fully saturated rings. The van der Waals surface area contributed by atoms with Gasteiger partial charge in [-0.2, -0.15) is 0 Å². The molecule has 148 valence electrons. The highest BCUT2D eigenvalue weighted by Crippen LogP contribution is 2.26. The van der Waals surface area contributed by atoms with Crippen molar-refractivity contribution in [2.45, 2.75) is 45.2 Å². The van der Waals surface area contributed by atoms with Gasteiger partial charge in [-0.15, -0.1) is 0 Å². The summed E-state index contributed by atoms with van der Waals surface area (Å²) in [5, 5.41) is 3.24. The Morgan fingerprint density at radius 1 is 1.11 bits per heavy atom. The maximum absolute atomic E-state index is 12.7. The number of nitrogens with zero attached hydrogens (tertiary/aromatic N) is 1. The highest BCUT2D eigenvalue weighted by Gasteiger charge is 2.29. The van der Waals surface area contributed by atoms with Crippen LogP contribution in [0.5, 0.6) is 5.75 Å². The van der Waals surface area contributed by atoms with Crippen LogP contribution in [0.4, 0.5) is 5.69 Å². The second-order valence-electron chi connectivity index (χ2n) is 7.18. The molecule has 1 N–H and O–H groups in total. The first kappa shape index (κ1) is 20.2. The average molecular weight is 401 g/mol. The monoisotopic (exact) mass is 400 g/mol. The second-order valence-corrected chi connectivity index (χ2v) is 7.62. The van der Waals surface area contributed by atoms with Gasteiger partial charge in [-0.3, -0.25) is 9.59 Å². The third-order valence-electron chi connectivity index (χ3n) is 5.05. The molecule has 6 heteroatoms. The third-order valence-corrected chi connectivity index (χ3v) is 5.29. The number of ether oxygens (including phenoxy) is 1. The number of piperidine rings is 1. The van der Waals surface area contributed by atoms with Crippen molar-refractivity contribution in [1.29, 1.82) is 0 Å². The molecule has 3 rings (SSSR count). The summed E-state index contributed by atoms with van der Waals surface area (Å²) in [6.45, 7) is 4.02. The van der Waals surface area contributed by atoms with Crippen molar-refractivity contribution in [3.05, 3.63) is 59.1 Å².